The van der Waals surface area contributed by atoms with Crippen molar-refractivity contribution >= 4 is 33.2 Å². The zero-order valence-electron chi connectivity index (χ0n) is 14.9. The molecule has 1 saturated heterocycles. The number of nitrogens with one attached hydrogen (secondary N) is 2. The van der Waals surface area contributed by atoms with Crippen molar-refractivity contribution in [3.8, 4) is 0 Å². The largest absolute Gasteiger partial charge is 0.377 e. The average molecular weight is 409 g/mol. The van der Waals surface area contributed by atoms with Crippen LogP contribution in [0.25, 0.3) is 0 Å². The van der Waals surface area contributed by atoms with Crippen molar-refractivity contribution in [1.82, 2.24) is 4.72 Å². The Kier molecular flexibility index (Phi) is 6.16. The summed E-state index contributed by atoms with van der Waals surface area (Å²) in [7, 11) is -3.64. The van der Waals surface area contributed by atoms with Crippen molar-refractivity contribution in [2.45, 2.75) is 30.8 Å². The first-order valence-corrected chi connectivity index (χ1v) is 10.5. The van der Waals surface area contributed by atoms with Crippen LogP contribution in [0.2, 0.25) is 5.02 Å². The summed E-state index contributed by atoms with van der Waals surface area (Å²) in [5.74, 6) is -0.323. The Morgan fingerprint density at radius 2 is 1.96 bits per heavy atom. The number of hydrogen-bond donors (Lipinski definition) is 2. The van der Waals surface area contributed by atoms with Gasteiger partial charge in [-0.3, -0.25) is 4.79 Å². The second-order valence-electron chi connectivity index (χ2n) is 6.42. The van der Waals surface area contributed by atoms with Gasteiger partial charge < -0.3 is 10.1 Å². The van der Waals surface area contributed by atoms with Crippen LogP contribution in [0, 0.1) is 6.92 Å². The third-order valence-electron chi connectivity index (χ3n) is 4.39. The number of rotatable bonds is 6. The second kappa shape index (κ2) is 8.39. The highest BCUT2D eigenvalue weighted by atomic mass is 35.5. The predicted molar refractivity (Wildman–Crippen MR) is 105 cm³/mol. The van der Waals surface area contributed by atoms with Gasteiger partial charge in [0.2, 0.25) is 10.0 Å². The van der Waals surface area contributed by atoms with E-state index in [0.717, 1.165) is 18.4 Å². The lowest BCUT2D eigenvalue weighted by Crippen LogP contribution is -2.31. The molecule has 0 saturated carbocycles. The van der Waals surface area contributed by atoms with E-state index < -0.39 is 10.0 Å². The molecule has 144 valence electrons. The Morgan fingerprint density at radius 1 is 1.22 bits per heavy atom. The quantitative estimate of drug-likeness (QED) is 0.767. The van der Waals surface area contributed by atoms with Crippen LogP contribution in [0.1, 0.15) is 28.8 Å². The van der Waals surface area contributed by atoms with Crippen LogP contribution in [0.5, 0.6) is 0 Å². The summed E-state index contributed by atoms with van der Waals surface area (Å²) in [6, 6.07) is 11.0. The Balaban J connectivity index is 1.65. The van der Waals surface area contributed by atoms with E-state index in [0.29, 0.717) is 22.9 Å². The van der Waals surface area contributed by atoms with E-state index in [-0.39, 0.29) is 23.5 Å². The molecule has 2 N–H and O–H groups in total. The van der Waals surface area contributed by atoms with E-state index in [1.807, 2.05) is 6.92 Å². The molecule has 1 fully saturated rings. The normalized spacial score (nSPS) is 17.0. The molecule has 8 heteroatoms. The lowest BCUT2D eigenvalue weighted by Gasteiger charge is -2.12. The molecule has 1 amide bonds. The fourth-order valence-corrected chi connectivity index (χ4v) is 4.13. The maximum atomic E-state index is 12.4. The summed E-state index contributed by atoms with van der Waals surface area (Å²) in [5.41, 5.74) is 1.86. The molecule has 0 aliphatic carbocycles. The van der Waals surface area contributed by atoms with Crippen molar-refractivity contribution in [3.05, 3.63) is 58.6 Å². The molecule has 3 rings (SSSR count). The van der Waals surface area contributed by atoms with Gasteiger partial charge in [0, 0.05) is 29.4 Å². The number of aryl methyl sites for hydroxylation is 1. The number of anilines is 1. The summed E-state index contributed by atoms with van der Waals surface area (Å²) in [6.45, 7) is 2.76. The Morgan fingerprint density at radius 3 is 2.59 bits per heavy atom. The molecule has 27 heavy (non-hydrogen) atoms. The van der Waals surface area contributed by atoms with Crippen molar-refractivity contribution in [2.75, 3.05) is 18.5 Å². The van der Waals surface area contributed by atoms with Gasteiger partial charge in [0.1, 0.15) is 0 Å². The molecule has 6 nitrogen and oxygen atoms in total. The van der Waals surface area contributed by atoms with E-state index in [2.05, 4.69) is 10.0 Å². The Bertz CT molecular complexity index is 923. The standard InChI is InChI=1S/C19H21ClN2O4S/c1-13-11-15(20)6-9-18(13)22-19(23)14-4-7-17(8-5-14)27(24,25)21-12-16-3-2-10-26-16/h4-9,11,16,21H,2-3,10,12H2,1H3,(H,22,23)/t16-/m1/s1. The third kappa shape index (κ3) is 5.07. The lowest BCUT2D eigenvalue weighted by molar-refractivity contribution is 0.102. The first-order chi connectivity index (χ1) is 12.8. The van der Waals surface area contributed by atoms with Gasteiger partial charge in [0.05, 0.1) is 11.0 Å². The minimum absolute atomic E-state index is 0.0764. The highest BCUT2D eigenvalue weighted by Crippen LogP contribution is 2.21. The topological polar surface area (TPSA) is 84.5 Å². The van der Waals surface area contributed by atoms with Crippen LogP contribution in [-0.4, -0.2) is 33.6 Å². The fourth-order valence-electron chi connectivity index (χ4n) is 2.84. The highest BCUT2D eigenvalue weighted by molar-refractivity contribution is 7.89. The van der Waals surface area contributed by atoms with Gasteiger partial charge in [-0.15, -0.1) is 0 Å². The van der Waals surface area contributed by atoms with Crippen LogP contribution >= 0.6 is 11.6 Å². The zero-order valence-corrected chi connectivity index (χ0v) is 16.4. The van der Waals surface area contributed by atoms with E-state index in [1.54, 1.807) is 18.2 Å². The van der Waals surface area contributed by atoms with E-state index >= 15 is 0 Å². The highest BCUT2D eigenvalue weighted by Gasteiger charge is 2.20. The molecule has 1 aliphatic heterocycles. The minimum atomic E-state index is -3.64. The summed E-state index contributed by atoms with van der Waals surface area (Å²) >= 11 is 5.91. The third-order valence-corrected chi connectivity index (χ3v) is 6.06. The molecule has 0 spiro atoms. The lowest BCUT2D eigenvalue weighted by atomic mass is 10.1. The van der Waals surface area contributed by atoms with Crippen molar-refractivity contribution in [3.63, 3.8) is 0 Å². The van der Waals surface area contributed by atoms with Gasteiger partial charge in [-0.05, 0) is 67.8 Å². The van der Waals surface area contributed by atoms with Gasteiger partial charge in [-0.2, -0.15) is 0 Å². The van der Waals surface area contributed by atoms with Crippen molar-refractivity contribution in [2.24, 2.45) is 0 Å². The monoisotopic (exact) mass is 408 g/mol. The first-order valence-electron chi connectivity index (χ1n) is 8.64. The zero-order chi connectivity index (χ0) is 19.4. The summed E-state index contributed by atoms with van der Waals surface area (Å²) < 4.78 is 32.7. The number of benzene rings is 2. The average Bonchev–Trinajstić information content (AvgIpc) is 3.16. The maximum absolute atomic E-state index is 12.4. The number of halogens is 1. The van der Waals surface area contributed by atoms with Crippen LogP contribution in [0.3, 0.4) is 0 Å². The smallest absolute Gasteiger partial charge is 0.255 e. The van der Waals surface area contributed by atoms with Crippen LogP contribution in [-0.2, 0) is 14.8 Å². The van der Waals surface area contributed by atoms with Gasteiger partial charge >= 0.3 is 0 Å². The molecular formula is C19H21ClN2O4S. The van der Waals surface area contributed by atoms with E-state index in [9.17, 15) is 13.2 Å². The van der Waals surface area contributed by atoms with E-state index in [4.69, 9.17) is 16.3 Å². The molecular weight excluding hydrogens is 388 g/mol. The molecule has 1 heterocycles. The molecule has 0 bridgehead atoms. The van der Waals surface area contributed by atoms with Crippen LogP contribution < -0.4 is 10.0 Å². The summed E-state index contributed by atoms with van der Waals surface area (Å²) in [5, 5.41) is 3.39. The minimum Gasteiger partial charge on any atom is -0.377 e. The number of carbonyl (C=O) groups is 1. The van der Waals surface area contributed by atoms with Gasteiger partial charge in [-0.1, -0.05) is 11.6 Å². The maximum Gasteiger partial charge on any atom is 0.255 e. The fraction of sp³-hybridized carbons (Fsp3) is 0.316. The summed E-state index contributed by atoms with van der Waals surface area (Å²) in [4.78, 5) is 12.5. The second-order valence-corrected chi connectivity index (χ2v) is 8.63. The SMILES string of the molecule is Cc1cc(Cl)ccc1NC(=O)c1ccc(S(=O)(=O)NC[C@H]2CCCO2)cc1. The number of sulfonamides is 1. The summed E-state index contributed by atoms with van der Waals surface area (Å²) in [6.07, 6.45) is 1.72. The number of carbonyl (C=O) groups excluding carboxylic acids is 1. The number of ether oxygens (including phenoxy) is 1. The number of hydrogen-bond acceptors (Lipinski definition) is 4. The number of amides is 1. The molecule has 0 aromatic heterocycles. The van der Waals surface area contributed by atoms with Gasteiger partial charge in [-0.25, -0.2) is 13.1 Å². The molecule has 1 atom stereocenters. The van der Waals surface area contributed by atoms with Crippen molar-refractivity contribution < 1.29 is 17.9 Å². The van der Waals surface area contributed by atoms with Crippen molar-refractivity contribution in [1.29, 1.82) is 0 Å². The first kappa shape index (κ1) is 19.8. The van der Waals surface area contributed by atoms with Crippen LogP contribution in [0.15, 0.2) is 47.4 Å². The Hall–Kier alpha value is -1.93. The Labute approximate surface area is 163 Å². The van der Waals surface area contributed by atoms with Gasteiger partial charge in [0.15, 0.2) is 0 Å². The molecule has 0 unspecified atom stereocenters. The molecule has 0 radical (unpaired) electrons. The van der Waals surface area contributed by atoms with Gasteiger partial charge in [0.25, 0.3) is 5.91 Å². The molecule has 2 aromatic carbocycles. The molecule has 2 aromatic rings. The molecule has 1 aliphatic rings. The van der Waals surface area contributed by atoms with Crippen LogP contribution in [0.4, 0.5) is 5.69 Å². The van der Waals surface area contributed by atoms with E-state index in [1.165, 1.54) is 24.3 Å². The predicted octanol–water partition coefficient (Wildman–Crippen LogP) is 3.36.